The first-order valence-corrected chi connectivity index (χ1v) is 17.0. The molecule has 0 saturated carbocycles. The lowest BCUT2D eigenvalue weighted by molar-refractivity contribution is 0.616. The summed E-state index contributed by atoms with van der Waals surface area (Å²) < 4.78 is 1.63. The first-order chi connectivity index (χ1) is 22.2. The predicted molar refractivity (Wildman–Crippen MR) is 191 cm³/mol. The normalized spacial score (nSPS) is 11.1. The highest BCUT2D eigenvalue weighted by molar-refractivity contribution is 7.99. The Morgan fingerprint density at radius 3 is 1.74 bits per heavy atom. The topological polar surface area (TPSA) is 133 Å². The summed E-state index contributed by atoms with van der Waals surface area (Å²) >= 11 is 2.89. The van der Waals surface area contributed by atoms with Crippen LogP contribution in [0.15, 0.2) is 99.9 Å². The van der Waals surface area contributed by atoms with Crippen LogP contribution in [0.4, 0.5) is 0 Å². The van der Waals surface area contributed by atoms with Crippen molar-refractivity contribution >= 4 is 23.5 Å². The summed E-state index contributed by atoms with van der Waals surface area (Å²) in [7, 11) is 0. The number of aryl methyl sites for hydroxylation is 4. The van der Waals surface area contributed by atoms with Crippen LogP contribution in [-0.4, -0.2) is 24.5 Å². The molecule has 246 valence electrons. The van der Waals surface area contributed by atoms with Crippen molar-refractivity contribution in [1.82, 2.24) is 24.5 Å². The fourth-order valence-electron chi connectivity index (χ4n) is 5.30. The summed E-state index contributed by atoms with van der Waals surface area (Å²) in [6.45, 7) is 16.3. The molecule has 3 aromatic heterocycles. The number of aromatic nitrogens is 5. The van der Waals surface area contributed by atoms with Crippen LogP contribution in [0.2, 0.25) is 0 Å². The van der Waals surface area contributed by atoms with E-state index in [9.17, 15) is 19.2 Å². The monoisotopic (exact) mass is 671 g/mol. The van der Waals surface area contributed by atoms with Gasteiger partial charge in [-0.3, -0.25) is 29.1 Å². The summed E-state index contributed by atoms with van der Waals surface area (Å²) in [5.74, 6) is 0.0342. The summed E-state index contributed by atoms with van der Waals surface area (Å²) in [6, 6.07) is 16.2. The van der Waals surface area contributed by atoms with Gasteiger partial charge in [-0.15, -0.1) is 0 Å². The number of nitrogens with one attached hydrogen (secondary N) is 3. The van der Waals surface area contributed by atoms with Crippen molar-refractivity contribution in [1.29, 1.82) is 0 Å². The van der Waals surface area contributed by atoms with Gasteiger partial charge in [0.05, 0.1) is 27.7 Å². The van der Waals surface area contributed by atoms with Gasteiger partial charge in [0.25, 0.3) is 11.1 Å². The second-order valence-electron chi connectivity index (χ2n) is 12.2. The first kappa shape index (κ1) is 35.5. The van der Waals surface area contributed by atoms with E-state index in [0.717, 1.165) is 37.6 Å². The van der Waals surface area contributed by atoms with E-state index in [1.807, 2.05) is 79.7 Å². The van der Waals surface area contributed by atoms with Crippen molar-refractivity contribution < 1.29 is 0 Å². The second kappa shape index (κ2) is 15.5. The minimum absolute atomic E-state index is 0.0112. The third kappa shape index (κ3) is 9.36. The molecule has 0 amide bonds. The minimum Gasteiger partial charge on any atom is -0.301 e. The van der Waals surface area contributed by atoms with Gasteiger partial charge in [0.2, 0.25) is 0 Å². The van der Waals surface area contributed by atoms with E-state index in [1.54, 1.807) is 17.0 Å². The van der Waals surface area contributed by atoms with E-state index >= 15 is 0 Å². The average molecular weight is 672 g/mol. The van der Waals surface area contributed by atoms with Gasteiger partial charge < -0.3 is 4.98 Å². The van der Waals surface area contributed by atoms with Gasteiger partial charge in [-0.05, 0) is 97.7 Å². The molecule has 2 aromatic carbocycles. The van der Waals surface area contributed by atoms with Crippen LogP contribution in [-0.2, 0) is 6.54 Å². The molecule has 0 aliphatic rings. The molecular formula is C36H41N5O4S2. The van der Waals surface area contributed by atoms with E-state index < -0.39 is 11.4 Å². The van der Waals surface area contributed by atoms with Crippen LogP contribution in [0, 0.1) is 27.7 Å². The Morgan fingerprint density at radius 1 is 0.702 bits per heavy atom. The molecule has 0 spiro atoms. The van der Waals surface area contributed by atoms with Gasteiger partial charge in [-0.25, -0.2) is 9.59 Å². The highest BCUT2D eigenvalue weighted by atomic mass is 32.2. The summed E-state index contributed by atoms with van der Waals surface area (Å²) in [5, 5.41) is 1.31. The standard InChI is InChI=1S/C21H23N3O2S.C15H18N2O2S/c1-13(2)18-19(25)23-21(26)24(12-16-6-5-7-22-11-16)20(18)27-17-9-14(3)8-15(4)10-17;1-8(2)12-13(18)16-15(19)17-14(12)20-11-6-9(3)5-10(4)7-11/h5-11,13H,12H2,1-4H3,(H,23,25,26);5-8H,1-4H3,(H2,16,17,18,19). The fourth-order valence-corrected chi connectivity index (χ4v) is 8.01. The number of rotatable bonds is 8. The van der Waals surface area contributed by atoms with Crippen LogP contribution in [0.25, 0.3) is 0 Å². The lowest BCUT2D eigenvalue weighted by atomic mass is 10.1. The van der Waals surface area contributed by atoms with E-state index in [0.29, 0.717) is 27.7 Å². The maximum atomic E-state index is 12.6. The van der Waals surface area contributed by atoms with Gasteiger partial charge in [0.15, 0.2) is 0 Å². The summed E-state index contributed by atoms with van der Waals surface area (Å²) in [6.07, 6.45) is 3.43. The molecule has 0 atom stereocenters. The largest absolute Gasteiger partial charge is 0.329 e. The number of nitrogens with zero attached hydrogens (tertiary/aromatic N) is 2. The average Bonchev–Trinajstić information content (AvgIpc) is 2.94. The summed E-state index contributed by atoms with van der Waals surface area (Å²) in [4.78, 5) is 62.3. The Hall–Kier alpha value is -4.35. The highest BCUT2D eigenvalue weighted by Crippen LogP contribution is 2.33. The van der Waals surface area contributed by atoms with Gasteiger partial charge in [0.1, 0.15) is 0 Å². The third-order valence-corrected chi connectivity index (χ3v) is 9.27. The van der Waals surface area contributed by atoms with Crippen LogP contribution in [0.5, 0.6) is 0 Å². The summed E-state index contributed by atoms with van der Waals surface area (Å²) in [5.41, 5.74) is 5.27. The number of pyridine rings is 1. The van der Waals surface area contributed by atoms with Crippen molar-refractivity contribution in [3.8, 4) is 0 Å². The molecule has 0 saturated heterocycles. The molecule has 0 aliphatic heterocycles. The molecule has 0 radical (unpaired) electrons. The van der Waals surface area contributed by atoms with Crippen molar-refractivity contribution in [2.75, 3.05) is 0 Å². The Kier molecular flexibility index (Phi) is 11.7. The predicted octanol–water partition coefficient (Wildman–Crippen LogP) is 6.83. The third-order valence-electron chi connectivity index (χ3n) is 7.17. The molecule has 9 nitrogen and oxygen atoms in total. The van der Waals surface area contributed by atoms with Crippen molar-refractivity contribution in [2.24, 2.45) is 0 Å². The molecule has 11 heteroatoms. The lowest BCUT2D eigenvalue weighted by Gasteiger charge is -2.18. The molecule has 0 aliphatic carbocycles. The van der Waals surface area contributed by atoms with Gasteiger partial charge in [-0.2, -0.15) is 0 Å². The zero-order valence-electron chi connectivity index (χ0n) is 28.0. The Labute approximate surface area is 282 Å². The van der Waals surface area contributed by atoms with Crippen molar-refractivity contribution in [3.63, 3.8) is 0 Å². The van der Waals surface area contributed by atoms with Crippen LogP contribution in [0.1, 0.15) is 78.5 Å². The van der Waals surface area contributed by atoms with Crippen LogP contribution in [0.3, 0.4) is 0 Å². The molecule has 0 bridgehead atoms. The quantitative estimate of drug-likeness (QED) is 0.154. The molecule has 47 heavy (non-hydrogen) atoms. The van der Waals surface area contributed by atoms with Gasteiger partial charge >= 0.3 is 11.4 Å². The van der Waals surface area contributed by atoms with E-state index in [2.05, 4.69) is 44.2 Å². The second-order valence-corrected chi connectivity index (χ2v) is 14.4. The fraction of sp³-hybridized carbons (Fsp3) is 0.306. The maximum Gasteiger partial charge on any atom is 0.329 e. The molecule has 5 aromatic rings. The molecule has 3 N–H and O–H groups in total. The molecule has 3 heterocycles. The van der Waals surface area contributed by atoms with Gasteiger partial charge in [0, 0.05) is 22.2 Å². The Bertz CT molecular complexity index is 2070. The van der Waals surface area contributed by atoms with Gasteiger partial charge in [-0.1, -0.05) is 69.4 Å². The lowest BCUT2D eigenvalue weighted by Crippen LogP contribution is -2.34. The first-order valence-electron chi connectivity index (χ1n) is 15.4. The number of benzene rings is 2. The Morgan fingerprint density at radius 2 is 1.23 bits per heavy atom. The molecular weight excluding hydrogens is 631 g/mol. The van der Waals surface area contributed by atoms with Crippen LogP contribution < -0.4 is 22.5 Å². The number of aromatic amines is 3. The van der Waals surface area contributed by atoms with Crippen molar-refractivity contribution in [3.05, 3.63) is 142 Å². The molecule has 0 unspecified atom stereocenters. The van der Waals surface area contributed by atoms with E-state index in [4.69, 9.17) is 0 Å². The maximum absolute atomic E-state index is 12.6. The Balaban J connectivity index is 0.000000223. The zero-order valence-corrected chi connectivity index (χ0v) is 29.6. The van der Waals surface area contributed by atoms with E-state index in [-0.39, 0.29) is 23.0 Å². The highest BCUT2D eigenvalue weighted by Gasteiger charge is 2.20. The molecule has 5 rings (SSSR count). The molecule has 0 fully saturated rings. The minimum atomic E-state index is -0.466. The van der Waals surface area contributed by atoms with Crippen molar-refractivity contribution in [2.45, 2.75) is 93.6 Å². The van der Waals surface area contributed by atoms with Crippen LogP contribution >= 0.6 is 23.5 Å². The number of H-pyrrole nitrogens is 3. The number of hydrogen-bond acceptors (Lipinski definition) is 7. The SMILES string of the molecule is Cc1cc(C)cc(Sc2[nH]c(=O)[nH]c(=O)c2C(C)C)c1.Cc1cc(C)cc(Sc2c(C(C)C)c(=O)[nH]c(=O)n2Cc2cccnc2)c1. The number of hydrogen-bond donors (Lipinski definition) is 3. The zero-order chi connectivity index (χ0) is 34.4. The smallest absolute Gasteiger partial charge is 0.301 e. The van der Waals surface area contributed by atoms with E-state index in [1.165, 1.54) is 23.5 Å².